The first-order valence-electron chi connectivity index (χ1n) is 11.8. The molecule has 0 aliphatic heterocycles. The molecule has 4 aromatic rings. The summed E-state index contributed by atoms with van der Waals surface area (Å²) in [5.41, 5.74) is -13.0. The van der Waals surface area contributed by atoms with Gasteiger partial charge in [0.25, 0.3) is 0 Å². The third kappa shape index (κ3) is 5.29. The first-order valence-corrected chi connectivity index (χ1v) is 12.3. The molecule has 0 saturated carbocycles. The summed E-state index contributed by atoms with van der Waals surface area (Å²) in [6.07, 6.45) is -0.396. The minimum Gasteiger partial charge on any atom is -0.203 e. The van der Waals surface area contributed by atoms with E-state index in [1.54, 1.807) is 0 Å². The fourth-order valence-electron chi connectivity index (χ4n) is 4.05. The van der Waals surface area contributed by atoms with Crippen molar-refractivity contribution in [1.82, 2.24) is 0 Å². The average Bonchev–Trinajstić information content (AvgIpc) is 3.03. The van der Waals surface area contributed by atoms with Crippen molar-refractivity contribution < 1.29 is 70.2 Å². The Morgan fingerprint density at radius 2 is 0.500 bits per heavy atom. The van der Waals surface area contributed by atoms with E-state index in [-0.39, 0.29) is 24.3 Å². The SMILES string of the molecule is Cc1c(F)c(F)c(/C=C/c2c(F)c(F)c(-c3c(F)c(F)c(/C=C/c4c(F)c(F)c(S)c(F)c4F)c(F)c3F)c(F)c2F)c(F)c1F. The van der Waals surface area contributed by atoms with Gasteiger partial charge in [-0.15, -0.1) is 12.6 Å². The van der Waals surface area contributed by atoms with Crippen molar-refractivity contribution in [3.8, 4) is 11.1 Å². The molecule has 46 heavy (non-hydrogen) atoms. The molecular weight excluding hydrogens is 684 g/mol. The van der Waals surface area contributed by atoms with Gasteiger partial charge >= 0.3 is 0 Å². The zero-order valence-electron chi connectivity index (χ0n) is 21.8. The maximum absolute atomic E-state index is 14.9. The Labute approximate surface area is 251 Å². The van der Waals surface area contributed by atoms with Gasteiger partial charge < -0.3 is 0 Å². The molecule has 0 spiro atoms. The van der Waals surface area contributed by atoms with Crippen LogP contribution in [0, 0.1) is 100.0 Å². The van der Waals surface area contributed by atoms with Crippen molar-refractivity contribution in [3.63, 3.8) is 0 Å². The van der Waals surface area contributed by atoms with Gasteiger partial charge in [-0.2, -0.15) is 0 Å². The Kier molecular flexibility index (Phi) is 9.30. The quantitative estimate of drug-likeness (QED) is 0.0916. The Hall–Kier alpha value is -4.41. The molecule has 4 aromatic carbocycles. The van der Waals surface area contributed by atoms with Crippen LogP contribution in [0.4, 0.5) is 70.2 Å². The van der Waals surface area contributed by atoms with Crippen LogP contribution in [0.25, 0.3) is 35.4 Å². The first-order chi connectivity index (χ1) is 21.4. The third-order valence-electron chi connectivity index (χ3n) is 6.47. The van der Waals surface area contributed by atoms with Crippen molar-refractivity contribution in [1.29, 1.82) is 0 Å². The number of thiol groups is 1. The monoisotopic (exact) mass is 692 g/mol. The molecule has 0 aromatic heterocycles. The van der Waals surface area contributed by atoms with Gasteiger partial charge in [-0.3, -0.25) is 0 Å². The van der Waals surface area contributed by atoms with E-state index in [0.29, 0.717) is 6.92 Å². The molecule has 0 unspecified atom stereocenters. The molecule has 0 saturated heterocycles. The highest BCUT2D eigenvalue weighted by Gasteiger charge is 2.34. The lowest BCUT2D eigenvalue weighted by Crippen LogP contribution is -2.09. The predicted molar refractivity (Wildman–Crippen MR) is 134 cm³/mol. The number of hydrogen-bond acceptors (Lipinski definition) is 1. The molecule has 17 heteroatoms. The molecule has 0 heterocycles. The van der Waals surface area contributed by atoms with Crippen molar-refractivity contribution >= 4 is 36.9 Å². The van der Waals surface area contributed by atoms with Crippen LogP contribution in [0.5, 0.6) is 0 Å². The Bertz CT molecular complexity index is 1770. The summed E-state index contributed by atoms with van der Waals surface area (Å²) in [5, 5.41) is 0. The van der Waals surface area contributed by atoms with Crippen molar-refractivity contribution in [3.05, 3.63) is 121 Å². The molecule has 0 atom stereocenters. The zero-order valence-corrected chi connectivity index (χ0v) is 22.7. The first kappa shape index (κ1) is 34.5. The Morgan fingerprint density at radius 3 is 0.739 bits per heavy atom. The summed E-state index contributed by atoms with van der Waals surface area (Å²) in [7, 11) is 0. The van der Waals surface area contributed by atoms with Gasteiger partial charge in [0.05, 0.1) is 38.3 Å². The molecule has 0 nitrogen and oxygen atoms in total. The van der Waals surface area contributed by atoms with Gasteiger partial charge in [0, 0.05) is 5.56 Å². The lowest BCUT2D eigenvalue weighted by Gasteiger charge is -2.14. The molecule has 0 aliphatic rings. The Balaban J connectivity index is 1.89. The second-order valence-corrected chi connectivity index (χ2v) is 9.52. The molecule has 0 radical (unpaired) electrons. The molecular formula is C29H8F16S. The van der Waals surface area contributed by atoms with Gasteiger partial charge in [0.1, 0.15) is 0 Å². The van der Waals surface area contributed by atoms with Crippen LogP contribution >= 0.6 is 12.6 Å². The summed E-state index contributed by atoms with van der Waals surface area (Å²) in [5.74, 6) is -37.8. The second-order valence-electron chi connectivity index (χ2n) is 9.07. The van der Waals surface area contributed by atoms with Gasteiger partial charge in [-0.05, 0) is 31.2 Å². The minimum absolute atomic E-state index is 0.0505. The normalized spacial score (nSPS) is 12.0. The van der Waals surface area contributed by atoms with Crippen molar-refractivity contribution in [2.45, 2.75) is 11.8 Å². The van der Waals surface area contributed by atoms with E-state index in [1.165, 1.54) is 0 Å². The lowest BCUT2D eigenvalue weighted by atomic mass is 9.96. The van der Waals surface area contributed by atoms with Crippen LogP contribution in [-0.2, 0) is 0 Å². The molecule has 242 valence electrons. The summed E-state index contributed by atoms with van der Waals surface area (Å²) in [4.78, 5) is -1.44. The van der Waals surface area contributed by atoms with Crippen LogP contribution in [0.15, 0.2) is 4.90 Å². The maximum Gasteiger partial charge on any atom is 0.175 e. The lowest BCUT2D eigenvalue weighted by molar-refractivity contribution is 0.424. The maximum atomic E-state index is 14.9. The number of hydrogen-bond donors (Lipinski definition) is 1. The molecule has 0 aliphatic carbocycles. The topological polar surface area (TPSA) is 0 Å². The van der Waals surface area contributed by atoms with Crippen LogP contribution in [0.1, 0.15) is 27.8 Å². The smallest absolute Gasteiger partial charge is 0.175 e. The molecule has 4 rings (SSSR count). The van der Waals surface area contributed by atoms with Gasteiger partial charge in [0.15, 0.2) is 93.1 Å². The zero-order chi connectivity index (χ0) is 34.7. The second kappa shape index (κ2) is 12.4. The number of halogens is 16. The highest BCUT2D eigenvalue weighted by atomic mass is 32.1. The van der Waals surface area contributed by atoms with Crippen LogP contribution in [-0.4, -0.2) is 0 Å². The number of benzene rings is 4. The van der Waals surface area contributed by atoms with E-state index in [2.05, 4.69) is 12.6 Å². The van der Waals surface area contributed by atoms with Gasteiger partial charge in [0.2, 0.25) is 0 Å². The standard InChI is InChI=1S/C29H8F16S/c1-6-13(30)15(32)7(16(33)14(6)31)2-3-8-17(34)23(40)11(24(41)18(8)35)12-25(42)19(36)9(20(37)26(12)43)4-5-10-21(38)27(44)29(46)28(45)22(10)39/h2-5,46H,1H3/b3-2+,5-4+. The van der Waals surface area contributed by atoms with Crippen LogP contribution in [0.3, 0.4) is 0 Å². The summed E-state index contributed by atoms with van der Waals surface area (Å²) < 4.78 is 230. The van der Waals surface area contributed by atoms with Gasteiger partial charge in [-0.1, -0.05) is 0 Å². The fourth-order valence-corrected chi connectivity index (χ4v) is 4.25. The molecule has 0 bridgehead atoms. The minimum atomic E-state index is -2.74. The fraction of sp³-hybridized carbons (Fsp3) is 0.0345. The summed E-state index contributed by atoms with van der Waals surface area (Å²) in [6.45, 7) is 0.628. The summed E-state index contributed by atoms with van der Waals surface area (Å²) >= 11 is 3.18. The van der Waals surface area contributed by atoms with E-state index in [0.717, 1.165) is 0 Å². The van der Waals surface area contributed by atoms with E-state index in [1.807, 2.05) is 0 Å². The molecule has 0 fully saturated rings. The third-order valence-corrected chi connectivity index (χ3v) is 6.86. The van der Waals surface area contributed by atoms with E-state index in [4.69, 9.17) is 0 Å². The molecule has 0 amide bonds. The van der Waals surface area contributed by atoms with Crippen molar-refractivity contribution in [2.24, 2.45) is 0 Å². The van der Waals surface area contributed by atoms with Gasteiger partial charge in [-0.25, -0.2) is 70.2 Å². The van der Waals surface area contributed by atoms with E-state index < -0.39 is 137 Å². The highest BCUT2D eigenvalue weighted by Crippen LogP contribution is 2.39. The highest BCUT2D eigenvalue weighted by molar-refractivity contribution is 7.80. The van der Waals surface area contributed by atoms with E-state index in [9.17, 15) is 70.2 Å². The van der Waals surface area contributed by atoms with Crippen molar-refractivity contribution in [2.75, 3.05) is 0 Å². The predicted octanol–water partition coefficient (Wildman–Crippen LogP) is 10.5. The number of rotatable bonds is 5. The summed E-state index contributed by atoms with van der Waals surface area (Å²) in [6, 6.07) is 0. The van der Waals surface area contributed by atoms with Crippen LogP contribution < -0.4 is 0 Å². The Morgan fingerprint density at radius 1 is 0.304 bits per heavy atom. The molecule has 0 N–H and O–H groups in total. The largest absolute Gasteiger partial charge is 0.203 e. The van der Waals surface area contributed by atoms with E-state index >= 15 is 0 Å². The average molecular weight is 692 g/mol. The van der Waals surface area contributed by atoms with Crippen LogP contribution in [0.2, 0.25) is 0 Å².